The van der Waals surface area contributed by atoms with Crippen LogP contribution in [0, 0.1) is 5.92 Å². The highest BCUT2D eigenvalue weighted by atomic mass is 16.5. The van der Waals surface area contributed by atoms with E-state index in [1.165, 1.54) is 7.11 Å². The zero-order chi connectivity index (χ0) is 13.8. The van der Waals surface area contributed by atoms with E-state index in [4.69, 9.17) is 10.5 Å². The molecule has 0 aromatic carbocycles. The number of methoxy groups -OCH3 is 1. The molecule has 2 atom stereocenters. The maximum absolute atomic E-state index is 11.8. The van der Waals surface area contributed by atoms with Crippen LogP contribution in [-0.4, -0.2) is 37.2 Å². The van der Waals surface area contributed by atoms with Crippen LogP contribution in [0.25, 0.3) is 0 Å². The number of anilines is 1. The third kappa shape index (κ3) is 2.87. The molecule has 1 aromatic rings. The number of pyridine rings is 1. The molecule has 2 heterocycles. The highest BCUT2D eigenvalue weighted by Gasteiger charge is 2.28. The van der Waals surface area contributed by atoms with Crippen LogP contribution in [-0.2, 0) is 4.74 Å². The van der Waals surface area contributed by atoms with Gasteiger partial charge in [-0.1, -0.05) is 0 Å². The Morgan fingerprint density at radius 3 is 3.05 bits per heavy atom. The predicted molar refractivity (Wildman–Crippen MR) is 74.2 cm³/mol. The van der Waals surface area contributed by atoms with Crippen LogP contribution in [0.15, 0.2) is 18.3 Å². The van der Waals surface area contributed by atoms with Gasteiger partial charge in [0.2, 0.25) is 0 Å². The molecule has 1 aliphatic heterocycles. The van der Waals surface area contributed by atoms with Crippen molar-refractivity contribution in [3.05, 3.63) is 23.9 Å². The first-order valence-corrected chi connectivity index (χ1v) is 6.67. The molecule has 1 aromatic heterocycles. The number of ether oxygens (including phenoxy) is 1. The van der Waals surface area contributed by atoms with Gasteiger partial charge in [0.25, 0.3) is 0 Å². The zero-order valence-electron chi connectivity index (χ0n) is 11.5. The van der Waals surface area contributed by atoms with Gasteiger partial charge in [0.1, 0.15) is 11.4 Å². The number of hydrogen-bond donors (Lipinski definition) is 1. The molecule has 0 spiro atoms. The van der Waals surface area contributed by atoms with E-state index in [9.17, 15) is 4.79 Å². The van der Waals surface area contributed by atoms with E-state index in [0.29, 0.717) is 29.9 Å². The Balaban J connectivity index is 2.31. The lowest BCUT2D eigenvalue weighted by atomic mass is 9.93. The minimum absolute atomic E-state index is 0.342. The van der Waals surface area contributed by atoms with Gasteiger partial charge in [-0.15, -0.1) is 0 Å². The van der Waals surface area contributed by atoms with Crippen molar-refractivity contribution in [2.75, 3.05) is 25.1 Å². The van der Waals surface area contributed by atoms with Crippen molar-refractivity contribution in [3.63, 3.8) is 0 Å². The molecule has 1 fully saturated rings. The summed E-state index contributed by atoms with van der Waals surface area (Å²) in [7, 11) is 1.39. The van der Waals surface area contributed by atoms with Crippen molar-refractivity contribution < 1.29 is 9.53 Å². The first-order chi connectivity index (χ1) is 9.17. The van der Waals surface area contributed by atoms with Gasteiger partial charge in [-0.25, -0.2) is 9.78 Å². The Bertz CT molecular complexity index is 450. The fourth-order valence-corrected chi connectivity index (χ4v) is 2.56. The number of piperidine rings is 1. The summed E-state index contributed by atoms with van der Waals surface area (Å²) in [6.07, 6.45) is 3.91. The second-order valence-corrected chi connectivity index (χ2v) is 5.05. The second kappa shape index (κ2) is 6.02. The molecule has 1 saturated heterocycles. The maximum atomic E-state index is 11.8. The molecular weight excluding hydrogens is 242 g/mol. The van der Waals surface area contributed by atoms with Crippen LogP contribution >= 0.6 is 0 Å². The summed E-state index contributed by atoms with van der Waals surface area (Å²) >= 11 is 0. The topological polar surface area (TPSA) is 68.5 Å². The Hall–Kier alpha value is -1.62. The van der Waals surface area contributed by atoms with Crippen LogP contribution in [0.2, 0.25) is 0 Å². The van der Waals surface area contributed by atoms with Crippen LogP contribution < -0.4 is 10.6 Å². The fourth-order valence-electron chi connectivity index (χ4n) is 2.56. The first kappa shape index (κ1) is 13.8. The molecule has 1 aliphatic rings. The monoisotopic (exact) mass is 263 g/mol. The highest BCUT2D eigenvalue weighted by molar-refractivity contribution is 5.94. The van der Waals surface area contributed by atoms with Crippen molar-refractivity contribution in [2.45, 2.75) is 25.8 Å². The summed E-state index contributed by atoms with van der Waals surface area (Å²) in [5.74, 6) is 0.828. The lowest BCUT2D eigenvalue weighted by Gasteiger charge is -2.39. The number of carbonyl (C=O) groups is 1. The summed E-state index contributed by atoms with van der Waals surface area (Å²) in [4.78, 5) is 18.4. The van der Waals surface area contributed by atoms with Gasteiger partial charge in [0.05, 0.1) is 7.11 Å². The molecule has 0 bridgehead atoms. The van der Waals surface area contributed by atoms with Crippen LogP contribution in [0.1, 0.15) is 30.1 Å². The third-order valence-electron chi connectivity index (χ3n) is 3.78. The highest BCUT2D eigenvalue weighted by Crippen LogP contribution is 2.28. The van der Waals surface area contributed by atoms with Gasteiger partial charge in [-0.3, -0.25) is 0 Å². The Morgan fingerprint density at radius 2 is 2.37 bits per heavy atom. The van der Waals surface area contributed by atoms with E-state index in [1.54, 1.807) is 18.3 Å². The smallest absolute Gasteiger partial charge is 0.341 e. The molecule has 5 heteroatoms. The van der Waals surface area contributed by atoms with Crippen molar-refractivity contribution in [3.8, 4) is 0 Å². The van der Waals surface area contributed by atoms with E-state index in [2.05, 4.69) is 16.8 Å². The Morgan fingerprint density at radius 1 is 1.58 bits per heavy atom. The first-order valence-electron chi connectivity index (χ1n) is 6.67. The molecule has 2 unspecified atom stereocenters. The normalized spacial score (nSPS) is 23.2. The fraction of sp³-hybridized carbons (Fsp3) is 0.571. The van der Waals surface area contributed by atoms with E-state index in [-0.39, 0.29) is 5.97 Å². The Kier molecular flexibility index (Phi) is 4.37. The van der Waals surface area contributed by atoms with Gasteiger partial charge in [-0.2, -0.15) is 0 Å². The molecule has 104 valence electrons. The van der Waals surface area contributed by atoms with Crippen molar-refractivity contribution in [1.82, 2.24) is 4.98 Å². The maximum Gasteiger partial charge on any atom is 0.341 e. The lowest BCUT2D eigenvalue weighted by Crippen LogP contribution is -2.45. The quantitative estimate of drug-likeness (QED) is 0.836. The van der Waals surface area contributed by atoms with Crippen LogP contribution in [0.3, 0.4) is 0 Å². The van der Waals surface area contributed by atoms with Crippen molar-refractivity contribution in [2.24, 2.45) is 11.7 Å². The van der Waals surface area contributed by atoms with Gasteiger partial charge >= 0.3 is 5.97 Å². The summed E-state index contributed by atoms with van der Waals surface area (Å²) in [5.41, 5.74) is 6.30. The second-order valence-electron chi connectivity index (χ2n) is 5.05. The minimum atomic E-state index is -0.342. The predicted octanol–water partition coefficient (Wildman–Crippen LogP) is 1.43. The molecule has 2 rings (SSSR count). The number of carbonyl (C=O) groups excluding carboxylic acids is 1. The van der Waals surface area contributed by atoms with E-state index >= 15 is 0 Å². The molecule has 0 radical (unpaired) electrons. The summed E-state index contributed by atoms with van der Waals surface area (Å²) < 4.78 is 4.83. The SMILES string of the molecule is COC(=O)c1cccnc1N1CC(CN)CCC1C. The average Bonchev–Trinajstić information content (AvgIpc) is 2.47. The van der Waals surface area contributed by atoms with E-state index in [1.807, 2.05) is 0 Å². The molecule has 0 aliphatic carbocycles. The minimum Gasteiger partial charge on any atom is -0.465 e. The Labute approximate surface area is 113 Å². The summed E-state index contributed by atoms with van der Waals surface area (Å²) in [6.45, 7) is 3.67. The number of aromatic nitrogens is 1. The van der Waals surface area contributed by atoms with E-state index in [0.717, 1.165) is 19.4 Å². The van der Waals surface area contributed by atoms with Gasteiger partial charge in [0.15, 0.2) is 0 Å². The number of nitrogens with zero attached hydrogens (tertiary/aromatic N) is 2. The summed E-state index contributed by atoms with van der Waals surface area (Å²) in [5, 5.41) is 0. The van der Waals surface area contributed by atoms with Gasteiger partial charge < -0.3 is 15.4 Å². The molecule has 2 N–H and O–H groups in total. The average molecular weight is 263 g/mol. The van der Waals surface area contributed by atoms with Gasteiger partial charge in [-0.05, 0) is 44.4 Å². The standard InChI is InChI=1S/C14H21N3O2/c1-10-5-6-11(8-15)9-17(10)13-12(14(18)19-2)4-3-7-16-13/h3-4,7,10-11H,5-6,8-9,15H2,1-2H3. The van der Waals surface area contributed by atoms with Gasteiger partial charge in [0, 0.05) is 18.8 Å². The molecule has 0 saturated carbocycles. The van der Waals surface area contributed by atoms with Crippen molar-refractivity contribution in [1.29, 1.82) is 0 Å². The summed E-state index contributed by atoms with van der Waals surface area (Å²) in [6, 6.07) is 3.87. The third-order valence-corrected chi connectivity index (χ3v) is 3.78. The lowest BCUT2D eigenvalue weighted by molar-refractivity contribution is 0.0600. The molecule has 19 heavy (non-hydrogen) atoms. The number of rotatable bonds is 3. The molecular formula is C14H21N3O2. The number of esters is 1. The van der Waals surface area contributed by atoms with Crippen LogP contribution in [0.4, 0.5) is 5.82 Å². The number of hydrogen-bond acceptors (Lipinski definition) is 5. The molecule has 5 nitrogen and oxygen atoms in total. The van der Waals surface area contributed by atoms with E-state index < -0.39 is 0 Å². The number of nitrogens with two attached hydrogens (primary N) is 1. The van der Waals surface area contributed by atoms with Crippen LogP contribution in [0.5, 0.6) is 0 Å². The zero-order valence-corrected chi connectivity index (χ0v) is 11.5. The largest absolute Gasteiger partial charge is 0.465 e. The van der Waals surface area contributed by atoms with Crippen molar-refractivity contribution >= 4 is 11.8 Å². The molecule has 0 amide bonds.